The minimum absolute atomic E-state index is 0.0564. The van der Waals surface area contributed by atoms with E-state index in [1.807, 2.05) is 18.2 Å². The van der Waals surface area contributed by atoms with Crippen LogP contribution in [-0.4, -0.2) is 12.5 Å². The summed E-state index contributed by atoms with van der Waals surface area (Å²) in [7, 11) is 0. The Balaban J connectivity index is 1.94. The van der Waals surface area contributed by atoms with Crippen molar-refractivity contribution in [2.45, 2.75) is 27.2 Å². The van der Waals surface area contributed by atoms with Crippen LogP contribution in [0.3, 0.4) is 0 Å². The molecule has 132 valence electrons. The van der Waals surface area contributed by atoms with Gasteiger partial charge in [0.05, 0.1) is 0 Å². The second-order valence-electron chi connectivity index (χ2n) is 7.18. The van der Waals surface area contributed by atoms with Gasteiger partial charge in [-0.1, -0.05) is 83.0 Å². The third kappa shape index (κ3) is 6.44. The average Bonchev–Trinajstić information content (AvgIpc) is 2.55. The highest BCUT2D eigenvalue weighted by molar-refractivity contribution is 9.11. The molecule has 2 nitrogen and oxygen atoms in total. The SMILES string of the molecule is CC(C)(C)CNC(=O)/C=C/C=C/Cc1ccc2c(Br)ccc(Br)c2c1. The largest absolute Gasteiger partial charge is 0.352 e. The lowest BCUT2D eigenvalue weighted by Gasteiger charge is -2.17. The smallest absolute Gasteiger partial charge is 0.243 e. The topological polar surface area (TPSA) is 29.1 Å². The van der Waals surface area contributed by atoms with Crippen LogP contribution in [-0.2, 0) is 11.2 Å². The number of carbonyl (C=O) groups excluding carboxylic acids is 1. The van der Waals surface area contributed by atoms with Crippen LogP contribution in [0.2, 0.25) is 0 Å². The number of halogens is 2. The molecule has 0 fully saturated rings. The van der Waals surface area contributed by atoms with Crippen LogP contribution in [0, 0.1) is 5.41 Å². The fraction of sp³-hybridized carbons (Fsp3) is 0.286. The first-order valence-corrected chi connectivity index (χ1v) is 9.82. The van der Waals surface area contributed by atoms with E-state index in [1.165, 1.54) is 16.3 Å². The standard InChI is InChI=1S/C21H23Br2NO/c1-21(2,3)14-24-20(25)8-6-4-5-7-15-9-10-16-17(13-15)19(23)12-11-18(16)22/h4-6,8-13H,7,14H2,1-3H3,(H,24,25)/b5-4+,8-6+. The zero-order valence-electron chi connectivity index (χ0n) is 14.8. The van der Waals surface area contributed by atoms with Crippen LogP contribution in [0.25, 0.3) is 10.8 Å². The van der Waals surface area contributed by atoms with Crippen molar-refractivity contribution in [2.24, 2.45) is 5.41 Å². The third-order valence-corrected chi connectivity index (χ3v) is 5.00. The summed E-state index contributed by atoms with van der Waals surface area (Å²) < 4.78 is 2.18. The molecule has 0 radical (unpaired) electrons. The van der Waals surface area contributed by atoms with Gasteiger partial charge in [-0.15, -0.1) is 0 Å². The fourth-order valence-corrected chi connectivity index (χ4v) is 3.23. The highest BCUT2D eigenvalue weighted by Crippen LogP contribution is 2.31. The van der Waals surface area contributed by atoms with E-state index < -0.39 is 0 Å². The quantitative estimate of drug-likeness (QED) is 0.415. The van der Waals surface area contributed by atoms with Gasteiger partial charge in [0.1, 0.15) is 0 Å². The predicted octanol–water partition coefficient (Wildman–Crippen LogP) is 6.18. The summed E-state index contributed by atoms with van der Waals surface area (Å²) in [5, 5.41) is 5.28. The van der Waals surface area contributed by atoms with Crippen molar-refractivity contribution in [2.75, 3.05) is 6.54 Å². The molecule has 0 aliphatic heterocycles. The molecule has 0 spiro atoms. The number of nitrogens with one attached hydrogen (secondary N) is 1. The van der Waals surface area contributed by atoms with Gasteiger partial charge in [0.25, 0.3) is 0 Å². The maximum atomic E-state index is 11.7. The molecule has 25 heavy (non-hydrogen) atoms. The molecule has 0 atom stereocenters. The van der Waals surface area contributed by atoms with E-state index in [0.29, 0.717) is 6.54 Å². The van der Waals surface area contributed by atoms with Crippen LogP contribution in [0.5, 0.6) is 0 Å². The van der Waals surface area contributed by atoms with Crippen molar-refractivity contribution in [3.8, 4) is 0 Å². The molecule has 2 aromatic rings. The van der Waals surface area contributed by atoms with E-state index in [9.17, 15) is 4.79 Å². The summed E-state index contributed by atoms with van der Waals surface area (Å²) in [6, 6.07) is 10.5. The number of carbonyl (C=O) groups is 1. The summed E-state index contributed by atoms with van der Waals surface area (Å²) >= 11 is 7.19. The van der Waals surface area contributed by atoms with Crippen LogP contribution >= 0.6 is 31.9 Å². The minimum Gasteiger partial charge on any atom is -0.352 e. The van der Waals surface area contributed by atoms with Gasteiger partial charge in [0.15, 0.2) is 0 Å². The van der Waals surface area contributed by atoms with Crippen molar-refractivity contribution in [3.05, 3.63) is 69.1 Å². The van der Waals surface area contributed by atoms with Gasteiger partial charge < -0.3 is 5.32 Å². The van der Waals surface area contributed by atoms with Crippen LogP contribution in [0.4, 0.5) is 0 Å². The third-order valence-electron chi connectivity index (χ3n) is 3.62. The van der Waals surface area contributed by atoms with Crippen molar-refractivity contribution < 1.29 is 4.79 Å². The maximum absolute atomic E-state index is 11.7. The first kappa shape index (κ1) is 19.9. The van der Waals surface area contributed by atoms with E-state index >= 15 is 0 Å². The molecule has 0 saturated heterocycles. The van der Waals surface area contributed by atoms with Crippen molar-refractivity contribution in [1.29, 1.82) is 0 Å². The molecule has 0 unspecified atom stereocenters. The van der Waals surface area contributed by atoms with Gasteiger partial charge in [0, 0.05) is 21.6 Å². The molecule has 1 N–H and O–H groups in total. The molecule has 2 rings (SSSR count). The molecule has 0 bridgehead atoms. The van der Waals surface area contributed by atoms with E-state index in [-0.39, 0.29) is 11.3 Å². The normalized spacial score (nSPS) is 12.4. The molecule has 4 heteroatoms. The maximum Gasteiger partial charge on any atom is 0.243 e. The molecule has 1 amide bonds. The molecule has 0 aromatic heterocycles. The van der Waals surface area contributed by atoms with E-state index in [1.54, 1.807) is 12.2 Å². The summed E-state index contributed by atoms with van der Waals surface area (Å²) in [6.07, 6.45) is 8.14. The highest BCUT2D eigenvalue weighted by Gasteiger charge is 2.10. The molecule has 0 heterocycles. The number of amides is 1. The highest BCUT2D eigenvalue weighted by atomic mass is 79.9. The Bertz CT molecular complexity index is 816. The Morgan fingerprint density at radius 2 is 1.72 bits per heavy atom. The predicted molar refractivity (Wildman–Crippen MR) is 114 cm³/mol. The number of rotatable bonds is 5. The second kappa shape index (κ2) is 8.81. The zero-order chi connectivity index (χ0) is 18.4. The molecule has 0 aliphatic rings. The lowest BCUT2D eigenvalue weighted by molar-refractivity contribution is -0.116. The number of benzene rings is 2. The molecule has 0 saturated carbocycles. The van der Waals surface area contributed by atoms with Crippen LogP contribution in [0.15, 0.2) is 63.6 Å². The van der Waals surface area contributed by atoms with E-state index in [2.05, 4.69) is 82.2 Å². The van der Waals surface area contributed by atoms with E-state index in [0.717, 1.165) is 15.4 Å². The first-order valence-electron chi connectivity index (χ1n) is 8.24. The second-order valence-corrected chi connectivity index (χ2v) is 8.89. The van der Waals surface area contributed by atoms with Gasteiger partial charge in [-0.05, 0) is 46.4 Å². The Hall–Kier alpha value is -1.39. The first-order chi connectivity index (χ1) is 11.8. The summed E-state index contributed by atoms with van der Waals surface area (Å²) in [4.78, 5) is 11.7. The summed E-state index contributed by atoms with van der Waals surface area (Å²) in [5.41, 5.74) is 1.33. The number of allylic oxidation sites excluding steroid dienone is 3. The van der Waals surface area contributed by atoms with Gasteiger partial charge in [0.2, 0.25) is 5.91 Å². The number of hydrogen-bond donors (Lipinski definition) is 1. The Kier molecular flexibility index (Phi) is 7.03. The van der Waals surface area contributed by atoms with Gasteiger partial charge in [-0.3, -0.25) is 4.79 Å². The van der Waals surface area contributed by atoms with Gasteiger partial charge in [-0.2, -0.15) is 0 Å². The minimum atomic E-state index is -0.0564. The summed E-state index contributed by atoms with van der Waals surface area (Å²) in [6.45, 7) is 6.95. The van der Waals surface area contributed by atoms with Crippen molar-refractivity contribution in [3.63, 3.8) is 0 Å². The van der Waals surface area contributed by atoms with Crippen molar-refractivity contribution >= 4 is 48.5 Å². The van der Waals surface area contributed by atoms with Gasteiger partial charge >= 0.3 is 0 Å². The Morgan fingerprint density at radius 1 is 1.04 bits per heavy atom. The van der Waals surface area contributed by atoms with Crippen LogP contribution < -0.4 is 5.32 Å². The molecule has 0 aliphatic carbocycles. The fourth-order valence-electron chi connectivity index (χ4n) is 2.29. The Morgan fingerprint density at radius 3 is 2.40 bits per heavy atom. The molecular formula is C21H23Br2NO. The lowest BCUT2D eigenvalue weighted by Crippen LogP contribution is -2.30. The average molecular weight is 465 g/mol. The molecular weight excluding hydrogens is 442 g/mol. The summed E-state index contributed by atoms with van der Waals surface area (Å²) in [5.74, 6) is -0.0564. The Labute approximate surface area is 166 Å². The zero-order valence-corrected chi connectivity index (χ0v) is 17.9. The molecule has 2 aromatic carbocycles. The monoisotopic (exact) mass is 463 g/mol. The number of fused-ring (bicyclic) bond motifs is 1. The number of hydrogen-bond acceptors (Lipinski definition) is 1. The lowest BCUT2D eigenvalue weighted by atomic mass is 9.97. The van der Waals surface area contributed by atoms with Gasteiger partial charge in [-0.25, -0.2) is 0 Å². The van der Waals surface area contributed by atoms with E-state index in [4.69, 9.17) is 0 Å². The van der Waals surface area contributed by atoms with Crippen LogP contribution in [0.1, 0.15) is 26.3 Å². The van der Waals surface area contributed by atoms with Crippen molar-refractivity contribution in [1.82, 2.24) is 5.32 Å².